The number of phenols is 1. The topological polar surface area (TPSA) is 94.0 Å². The molecule has 0 radical (unpaired) electrons. The zero-order chi connectivity index (χ0) is 18.4. The molecule has 26 heavy (non-hydrogen) atoms. The zero-order valence-electron chi connectivity index (χ0n) is 14.2. The van der Waals surface area contributed by atoms with E-state index in [9.17, 15) is 5.11 Å². The maximum atomic E-state index is 9.72. The number of hydrogen-bond donors (Lipinski definition) is 5. The number of anilines is 1. The van der Waals surface area contributed by atoms with Gasteiger partial charge in [0.2, 0.25) is 5.69 Å². The molecule has 3 aromatic rings. The Labute approximate surface area is 156 Å². The van der Waals surface area contributed by atoms with Crippen molar-refractivity contribution in [1.29, 1.82) is 0 Å². The molecule has 0 atom stereocenters. The summed E-state index contributed by atoms with van der Waals surface area (Å²) in [6.45, 7) is 2.34. The molecule has 0 unspecified atom stereocenters. The van der Waals surface area contributed by atoms with Gasteiger partial charge in [-0.05, 0) is 48.9 Å². The molecule has 0 fully saturated rings. The number of rotatable bonds is 8. The van der Waals surface area contributed by atoms with Crippen molar-refractivity contribution in [2.45, 2.75) is 13.0 Å². The predicted octanol–water partition coefficient (Wildman–Crippen LogP) is 2.77. The highest BCUT2D eigenvalue weighted by Gasteiger charge is 2.05. The van der Waals surface area contributed by atoms with E-state index in [1.165, 1.54) is 0 Å². The molecule has 0 amide bonds. The van der Waals surface area contributed by atoms with Crippen LogP contribution in [-0.4, -0.2) is 28.4 Å². The van der Waals surface area contributed by atoms with Crippen molar-refractivity contribution in [2.75, 3.05) is 18.4 Å². The van der Waals surface area contributed by atoms with E-state index in [0.29, 0.717) is 17.3 Å². The number of nitrogens with one attached hydrogen (secondary N) is 2. The van der Waals surface area contributed by atoms with Gasteiger partial charge < -0.3 is 15.7 Å². The number of nitrogens with two attached hydrogens (primary N) is 1. The summed E-state index contributed by atoms with van der Waals surface area (Å²) in [4.78, 5) is 4.34. The fraction of sp³-hybridized carbons (Fsp3) is 0.211. The smallest absolute Gasteiger partial charge is 0.203 e. The molecule has 6 N–H and O–H groups in total. The van der Waals surface area contributed by atoms with E-state index in [1.807, 2.05) is 30.3 Å². The van der Waals surface area contributed by atoms with E-state index in [4.69, 9.17) is 16.8 Å². The largest absolute Gasteiger partial charge is 0.503 e. The van der Waals surface area contributed by atoms with Crippen molar-refractivity contribution in [3.63, 3.8) is 0 Å². The Bertz CT molecular complexity index is 889. The van der Waals surface area contributed by atoms with Crippen LogP contribution in [0.4, 0.5) is 11.4 Å². The first-order valence-corrected chi connectivity index (χ1v) is 8.83. The number of pyridine rings is 1. The number of quaternary nitrogens is 1. The number of hydrogen-bond acceptors (Lipinski definition) is 5. The van der Waals surface area contributed by atoms with Crippen molar-refractivity contribution < 1.29 is 15.8 Å². The van der Waals surface area contributed by atoms with Crippen molar-refractivity contribution >= 4 is 33.9 Å². The van der Waals surface area contributed by atoms with Gasteiger partial charge in [-0.1, -0.05) is 17.7 Å². The first-order chi connectivity index (χ1) is 12.7. The van der Waals surface area contributed by atoms with E-state index >= 15 is 0 Å². The highest BCUT2D eigenvalue weighted by molar-refractivity contribution is 6.31. The van der Waals surface area contributed by atoms with Gasteiger partial charge in [0.1, 0.15) is 0 Å². The van der Waals surface area contributed by atoms with Crippen LogP contribution in [0.1, 0.15) is 12.0 Å². The molecule has 0 aliphatic heterocycles. The Hall–Kier alpha value is -2.38. The third-order valence-corrected chi connectivity index (χ3v) is 4.35. The van der Waals surface area contributed by atoms with Crippen molar-refractivity contribution in [3.05, 3.63) is 59.2 Å². The molecular formula is C19H22ClN4O2+. The van der Waals surface area contributed by atoms with E-state index in [2.05, 4.69) is 15.6 Å². The van der Waals surface area contributed by atoms with Gasteiger partial charge in [0.15, 0.2) is 5.75 Å². The molecule has 3 rings (SSSR count). The van der Waals surface area contributed by atoms with Gasteiger partial charge in [0, 0.05) is 41.4 Å². The second-order valence-corrected chi connectivity index (χ2v) is 6.44. The number of aromatic hydroxyl groups is 1. The summed E-state index contributed by atoms with van der Waals surface area (Å²) in [5.41, 5.74) is 4.22. The maximum absolute atomic E-state index is 9.72. The molecule has 136 valence electrons. The van der Waals surface area contributed by atoms with E-state index in [1.54, 1.807) is 18.3 Å². The second-order valence-electron chi connectivity index (χ2n) is 6.00. The predicted molar refractivity (Wildman–Crippen MR) is 103 cm³/mol. The maximum Gasteiger partial charge on any atom is 0.203 e. The lowest BCUT2D eigenvalue weighted by Crippen LogP contribution is -2.73. The van der Waals surface area contributed by atoms with Gasteiger partial charge in [-0.3, -0.25) is 4.98 Å². The molecule has 0 saturated heterocycles. The number of phenolic OH excluding ortho intramolecular Hbond substituents is 1. The molecule has 0 aliphatic carbocycles. The Morgan fingerprint density at radius 3 is 2.77 bits per heavy atom. The minimum Gasteiger partial charge on any atom is -0.503 e. The van der Waals surface area contributed by atoms with Crippen LogP contribution in [0.25, 0.3) is 10.9 Å². The number of aromatic nitrogens is 1. The van der Waals surface area contributed by atoms with Crippen LogP contribution >= 0.6 is 11.6 Å². The standard InChI is InChI=1S/C19H21ClN4O2/c20-14-3-4-15-16(6-9-23-18(15)11-14)22-8-1-7-21-12-13-2-5-17(24-26)19(25)10-13/h2-6,9-11,21,24-26H,1,7-8,12H2,(H,22,23)/p+1. The van der Waals surface area contributed by atoms with Crippen LogP contribution in [0, 0.1) is 0 Å². The lowest BCUT2D eigenvalue weighted by Gasteiger charge is -2.10. The van der Waals surface area contributed by atoms with Crippen LogP contribution in [0.2, 0.25) is 5.02 Å². The normalized spacial score (nSPS) is 11.0. The molecule has 7 heteroatoms. The van der Waals surface area contributed by atoms with Crippen LogP contribution in [0.5, 0.6) is 5.75 Å². The van der Waals surface area contributed by atoms with Gasteiger partial charge in [-0.15, -0.1) is 0 Å². The minimum absolute atomic E-state index is 0.0816. The van der Waals surface area contributed by atoms with E-state index < -0.39 is 0 Å². The zero-order valence-corrected chi connectivity index (χ0v) is 15.0. The van der Waals surface area contributed by atoms with E-state index in [0.717, 1.165) is 47.1 Å². The summed E-state index contributed by atoms with van der Waals surface area (Å²) in [6, 6.07) is 12.9. The van der Waals surface area contributed by atoms with Gasteiger partial charge in [0.25, 0.3) is 0 Å². The van der Waals surface area contributed by atoms with Crippen LogP contribution in [0.3, 0.4) is 0 Å². The van der Waals surface area contributed by atoms with Crippen molar-refractivity contribution in [1.82, 2.24) is 10.3 Å². The lowest BCUT2D eigenvalue weighted by molar-refractivity contribution is -0.826. The minimum atomic E-state index is 0.0816. The Morgan fingerprint density at radius 2 is 1.96 bits per heavy atom. The van der Waals surface area contributed by atoms with Gasteiger partial charge in [-0.25, -0.2) is 5.21 Å². The molecule has 1 heterocycles. The van der Waals surface area contributed by atoms with Crippen LogP contribution < -0.4 is 16.1 Å². The second kappa shape index (κ2) is 8.82. The van der Waals surface area contributed by atoms with Crippen molar-refractivity contribution in [3.8, 4) is 5.75 Å². The lowest BCUT2D eigenvalue weighted by atomic mass is 10.2. The molecule has 0 spiro atoms. The summed E-state index contributed by atoms with van der Waals surface area (Å²) in [5, 5.41) is 27.2. The Balaban J connectivity index is 1.44. The Kier molecular flexibility index (Phi) is 6.25. The average molecular weight is 374 g/mol. The fourth-order valence-corrected chi connectivity index (χ4v) is 2.92. The van der Waals surface area contributed by atoms with Crippen molar-refractivity contribution in [2.24, 2.45) is 0 Å². The highest BCUT2D eigenvalue weighted by Crippen LogP contribution is 2.24. The molecule has 0 aliphatic rings. The first-order valence-electron chi connectivity index (χ1n) is 8.45. The molecule has 2 aromatic carbocycles. The van der Waals surface area contributed by atoms with Crippen LogP contribution in [0.15, 0.2) is 48.7 Å². The average Bonchev–Trinajstić information content (AvgIpc) is 2.64. The molecule has 0 bridgehead atoms. The monoisotopic (exact) mass is 373 g/mol. The molecule has 1 aromatic heterocycles. The SMILES string of the molecule is O[NH2+]c1ccc(CNCCCNc2ccnc3cc(Cl)ccc23)cc1O. The van der Waals surface area contributed by atoms with Gasteiger partial charge in [0.05, 0.1) is 5.52 Å². The first kappa shape index (κ1) is 18.4. The van der Waals surface area contributed by atoms with E-state index in [-0.39, 0.29) is 5.75 Å². The molecule has 0 saturated carbocycles. The van der Waals surface area contributed by atoms with Crippen LogP contribution in [-0.2, 0) is 6.54 Å². The molecule has 6 nitrogen and oxygen atoms in total. The van der Waals surface area contributed by atoms with Gasteiger partial charge >= 0.3 is 0 Å². The number of halogens is 1. The summed E-state index contributed by atoms with van der Waals surface area (Å²) in [7, 11) is 0. The summed E-state index contributed by atoms with van der Waals surface area (Å²) in [6.07, 6.45) is 2.73. The molecular weight excluding hydrogens is 352 g/mol. The number of fused-ring (bicyclic) bond motifs is 1. The third kappa shape index (κ3) is 4.62. The highest BCUT2D eigenvalue weighted by atomic mass is 35.5. The quantitative estimate of drug-likeness (QED) is 0.181. The number of benzene rings is 2. The summed E-state index contributed by atoms with van der Waals surface area (Å²) < 4.78 is 0. The number of nitrogens with zero attached hydrogens (tertiary/aromatic N) is 1. The third-order valence-electron chi connectivity index (χ3n) is 4.11. The summed E-state index contributed by atoms with van der Waals surface area (Å²) >= 11 is 6.01. The summed E-state index contributed by atoms with van der Waals surface area (Å²) in [5.74, 6) is 0.0816. The van der Waals surface area contributed by atoms with Gasteiger partial charge in [-0.2, -0.15) is 5.48 Å². The Morgan fingerprint density at radius 1 is 1.08 bits per heavy atom. The fourth-order valence-electron chi connectivity index (χ4n) is 2.75.